The van der Waals surface area contributed by atoms with Gasteiger partial charge in [-0.05, 0) is 32.9 Å². The number of carbonyl (C=O) groups excluding carboxylic acids is 1. The fraction of sp³-hybridized carbons (Fsp3) is 0.500. The number of methoxy groups -OCH3 is 1. The van der Waals surface area contributed by atoms with E-state index in [9.17, 15) is 18.0 Å². The highest BCUT2D eigenvalue weighted by atomic mass is 19.4. The molecule has 0 aliphatic rings. The summed E-state index contributed by atoms with van der Waals surface area (Å²) in [4.78, 5) is 15.0. The molecule has 1 heterocycles. The number of pyridine rings is 1. The summed E-state index contributed by atoms with van der Waals surface area (Å²) in [5.41, 5.74) is -1.64. The van der Waals surface area contributed by atoms with Crippen molar-refractivity contribution in [2.45, 2.75) is 32.5 Å². The molecule has 0 fully saturated rings. The molecule has 0 aromatic carbocycles. The Kier molecular flexibility index (Phi) is 4.07. The lowest BCUT2D eigenvalue weighted by atomic mass is 10.1. The first kappa shape index (κ1) is 15.3. The van der Waals surface area contributed by atoms with Gasteiger partial charge in [-0.15, -0.1) is 0 Å². The summed E-state index contributed by atoms with van der Waals surface area (Å²) < 4.78 is 42.3. The highest BCUT2D eigenvalue weighted by molar-refractivity contribution is 5.94. The second-order valence-corrected chi connectivity index (χ2v) is 4.96. The second kappa shape index (κ2) is 5.07. The van der Waals surface area contributed by atoms with Gasteiger partial charge in [-0.25, -0.2) is 9.78 Å². The van der Waals surface area contributed by atoms with E-state index < -0.39 is 23.4 Å². The summed E-state index contributed by atoms with van der Waals surface area (Å²) >= 11 is 0. The molecule has 1 N–H and O–H groups in total. The van der Waals surface area contributed by atoms with Gasteiger partial charge in [0.1, 0.15) is 17.1 Å². The molecule has 0 aliphatic heterocycles. The molecule has 0 unspecified atom stereocenters. The zero-order valence-corrected chi connectivity index (χ0v) is 11.1. The number of rotatable bonds is 2. The number of ether oxygens (including phenoxy) is 1. The number of hydrogen-bond acceptors (Lipinski definition) is 4. The molecule has 1 aromatic heterocycles. The highest BCUT2D eigenvalue weighted by Crippen LogP contribution is 2.30. The van der Waals surface area contributed by atoms with Crippen LogP contribution >= 0.6 is 0 Å². The second-order valence-electron chi connectivity index (χ2n) is 4.96. The van der Waals surface area contributed by atoms with Crippen molar-refractivity contribution in [2.75, 3.05) is 12.4 Å². The minimum absolute atomic E-state index is 0.0366. The number of carbonyl (C=O) groups is 1. The molecule has 0 radical (unpaired) electrons. The third-order valence-corrected chi connectivity index (χ3v) is 2.08. The van der Waals surface area contributed by atoms with Gasteiger partial charge in [-0.2, -0.15) is 13.2 Å². The monoisotopic (exact) mass is 276 g/mol. The van der Waals surface area contributed by atoms with E-state index in [1.807, 2.05) is 0 Å². The van der Waals surface area contributed by atoms with Crippen molar-refractivity contribution < 1.29 is 22.7 Å². The van der Waals surface area contributed by atoms with Crippen molar-refractivity contribution in [3.63, 3.8) is 0 Å². The first-order valence-electron chi connectivity index (χ1n) is 5.49. The lowest BCUT2D eigenvalue weighted by Crippen LogP contribution is -2.29. The minimum atomic E-state index is -4.57. The van der Waals surface area contributed by atoms with Gasteiger partial charge in [-0.3, -0.25) is 0 Å². The summed E-state index contributed by atoms with van der Waals surface area (Å²) in [6, 6.07) is 1.80. The van der Waals surface area contributed by atoms with Crippen LogP contribution < -0.4 is 5.32 Å². The molecule has 1 aromatic rings. The van der Waals surface area contributed by atoms with Crippen LogP contribution in [0.25, 0.3) is 0 Å². The van der Waals surface area contributed by atoms with Gasteiger partial charge in [-0.1, -0.05) is 0 Å². The van der Waals surface area contributed by atoms with Gasteiger partial charge < -0.3 is 10.1 Å². The van der Waals surface area contributed by atoms with Gasteiger partial charge >= 0.3 is 12.1 Å². The topological polar surface area (TPSA) is 51.2 Å². The van der Waals surface area contributed by atoms with E-state index >= 15 is 0 Å². The van der Waals surface area contributed by atoms with Crippen molar-refractivity contribution in [3.05, 3.63) is 23.4 Å². The Morgan fingerprint density at radius 2 is 1.84 bits per heavy atom. The summed E-state index contributed by atoms with van der Waals surface area (Å²) in [7, 11) is 1.15. The van der Waals surface area contributed by atoms with Crippen molar-refractivity contribution in [1.29, 1.82) is 0 Å². The molecular weight excluding hydrogens is 261 g/mol. The smallest absolute Gasteiger partial charge is 0.433 e. The summed E-state index contributed by atoms with van der Waals surface area (Å²) in [5, 5.41) is 2.77. The molecule has 0 bridgehead atoms. The zero-order chi connectivity index (χ0) is 14.8. The molecule has 0 spiro atoms. The van der Waals surface area contributed by atoms with Crippen LogP contribution in [-0.2, 0) is 10.9 Å². The Balaban J connectivity index is 3.30. The summed E-state index contributed by atoms with van der Waals surface area (Å²) in [6.07, 6.45) is -4.57. The molecule has 0 atom stereocenters. The van der Waals surface area contributed by atoms with E-state index in [0.717, 1.165) is 19.2 Å². The standard InChI is InChI=1S/C12H15F3N2O2/c1-11(2,3)17-9-7(10(18)19-4)5-6-8(16-9)12(13,14)15/h5-6H,1-4H3,(H,16,17). The van der Waals surface area contributed by atoms with E-state index in [0.29, 0.717) is 0 Å². The number of nitrogens with zero attached hydrogens (tertiary/aromatic N) is 1. The minimum Gasteiger partial charge on any atom is -0.465 e. The van der Waals surface area contributed by atoms with E-state index in [4.69, 9.17) is 0 Å². The van der Waals surface area contributed by atoms with Crippen LogP contribution in [0.2, 0.25) is 0 Å². The first-order valence-corrected chi connectivity index (χ1v) is 5.49. The summed E-state index contributed by atoms with van der Waals surface area (Å²) in [6.45, 7) is 5.24. The van der Waals surface area contributed by atoms with Gasteiger partial charge in [0.2, 0.25) is 0 Å². The number of halogens is 3. The molecule has 0 amide bonds. The predicted molar refractivity (Wildman–Crippen MR) is 64.0 cm³/mol. The van der Waals surface area contributed by atoms with Crippen molar-refractivity contribution in [1.82, 2.24) is 4.98 Å². The van der Waals surface area contributed by atoms with Gasteiger partial charge in [0.15, 0.2) is 0 Å². The Hall–Kier alpha value is -1.79. The molecule has 1 rings (SSSR count). The molecular formula is C12H15F3N2O2. The van der Waals surface area contributed by atoms with Crippen molar-refractivity contribution in [3.8, 4) is 0 Å². The maximum Gasteiger partial charge on any atom is 0.433 e. The van der Waals surface area contributed by atoms with Crippen LogP contribution in [0, 0.1) is 0 Å². The number of alkyl halides is 3. The fourth-order valence-electron chi connectivity index (χ4n) is 1.34. The van der Waals surface area contributed by atoms with Crippen LogP contribution in [0.5, 0.6) is 0 Å². The molecule has 0 aliphatic carbocycles. The Labute approximate surface area is 109 Å². The predicted octanol–water partition coefficient (Wildman–Crippen LogP) is 3.10. The van der Waals surface area contributed by atoms with Crippen molar-refractivity contribution >= 4 is 11.8 Å². The van der Waals surface area contributed by atoms with E-state index in [-0.39, 0.29) is 11.4 Å². The van der Waals surface area contributed by atoms with Gasteiger partial charge in [0.25, 0.3) is 0 Å². The van der Waals surface area contributed by atoms with Crippen LogP contribution in [0.1, 0.15) is 36.8 Å². The average Bonchev–Trinajstić information content (AvgIpc) is 2.24. The van der Waals surface area contributed by atoms with Crippen LogP contribution in [0.4, 0.5) is 19.0 Å². The Morgan fingerprint density at radius 3 is 2.26 bits per heavy atom. The molecule has 19 heavy (non-hydrogen) atoms. The number of esters is 1. The largest absolute Gasteiger partial charge is 0.465 e. The SMILES string of the molecule is COC(=O)c1ccc(C(F)(F)F)nc1NC(C)(C)C. The lowest BCUT2D eigenvalue weighted by molar-refractivity contribution is -0.141. The zero-order valence-electron chi connectivity index (χ0n) is 11.1. The molecule has 7 heteroatoms. The van der Waals surface area contributed by atoms with Gasteiger partial charge in [0, 0.05) is 5.54 Å². The third-order valence-electron chi connectivity index (χ3n) is 2.08. The quantitative estimate of drug-likeness (QED) is 0.843. The Bertz CT molecular complexity index is 479. The molecule has 106 valence electrons. The van der Waals surface area contributed by atoms with Crippen LogP contribution in [0.3, 0.4) is 0 Å². The highest BCUT2D eigenvalue weighted by Gasteiger charge is 2.34. The van der Waals surface area contributed by atoms with Gasteiger partial charge in [0.05, 0.1) is 7.11 Å². The Morgan fingerprint density at radius 1 is 1.26 bits per heavy atom. The van der Waals surface area contributed by atoms with E-state index in [1.165, 1.54) is 0 Å². The molecule has 0 saturated heterocycles. The number of aromatic nitrogens is 1. The van der Waals surface area contributed by atoms with Crippen LogP contribution in [0.15, 0.2) is 12.1 Å². The lowest BCUT2D eigenvalue weighted by Gasteiger charge is -2.23. The van der Waals surface area contributed by atoms with E-state index in [1.54, 1.807) is 20.8 Å². The molecule has 0 saturated carbocycles. The first-order chi connectivity index (χ1) is 8.54. The average molecular weight is 276 g/mol. The maximum absolute atomic E-state index is 12.6. The van der Waals surface area contributed by atoms with Crippen molar-refractivity contribution in [2.24, 2.45) is 0 Å². The fourth-order valence-corrected chi connectivity index (χ4v) is 1.34. The van der Waals surface area contributed by atoms with E-state index in [2.05, 4.69) is 15.0 Å². The normalized spacial score (nSPS) is 12.2. The number of hydrogen-bond donors (Lipinski definition) is 1. The number of nitrogens with one attached hydrogen (secondary N) is 1. The third kappa shape index (κ3) is 4.11. The molecule has 4 nitrogen and oxygen atoms in total. The van der Waals surface area contributed by atoms with Crippen LogP contribution in [-0.4, -0.2) is 23.6 Å². The summed E-state index contributed by atoms with van der Waals surface area (Å²) in [5.74, 6) is -0.887. The maximum atomic E-state index is 12.6. The number of anilines is 1.